The molecule has 4 aliphatic carbocycles. The Hall–Kier alpha value is -0.630. The highest BCUT2D eigenvalue weighted by molar-refractivity contribution is 5.91. The molecule has 1 N–H and O–H groups in total. The first-order valence-corrected chi connectivity index (χ1v) is 13.5. The summed E-state index contributed by atoms with van der Waals surface area (Å²) in [5.41, 5.74) is 2.14. The van der Waals surface area contributed by atoms with Crippen molar-refractivity contribution in [1.82, 2.24) is 0 Å². The molecule has 0 unspecified atom stereocenters. The zero-order valence-electron chi connectivity index (χ0n) is 21.1. The molecule has 3 fully saturated rings. The Labute approximate surface area is 191 Å². The second kappa shape index (κ2) is 8.62. The van der Waals surface area contributed by atoms with Gasteiger partial charge in [0.15, 0.2) is 5.78 Å². The minimum atomic E-state index is -0.159. The number of aliphatic hydroxyl groups excluding tert-OH is 1. The first kappa shape index (κ1) is 23.5. The van der Waals surface area contributed by atoms with E-state index in [1.807, 2.05) is 6.08 Å². The predicted octanol–water partition coefficient (Wildman–Crippen LogP) is 7.20. The SMILES string of the molecule is CC[C@H](C[C@@H](O)[C@@H](C)[C@H]1CC[C@H]2[C@@H]3CCC4=CC(=O)CC[C@]4(C)[C@H]3CC[C@]12C)C(C)C. The van der Waals surface area contributed by atoms with Crippen LogP contribution in [0.25, 0.3) is 0 Å². The maximum atomic E-state index is 12.1. The molecule has 31 heavy (non-hydrogen) atoms. The number of ketones is 1. The summed E-state index contributed by atoms with van der Waals surface area (Å²) in [6.45, 7) is 14.3. The zero-order valence-corrected chi connectivity index (χ0v) is 21.1. The van der Waals surface area contributed by atoms with Crippen molar-refractivity contribution in [2.24, 2.45) is 52.3 Å². The van der Waals surface area contributed by atoms with Crippen molar-refractivity contribution in [3.63, 3.8) is 0 Å². The van der Waals surface area contributed by atoms with E-state index >= 15 is 0 Å². The van der Waals surface area contributed by atoms with Gasteiger partial charge in [0.25, 0.3) is 0 Å². The molecule has 2 heteroatoms. The molecule has 4 aliphatic rings. The second-order valence-electron chi connectivity index (χ2n) is 12.8. The molecule has 0 heterocycles. The fourth-order valence-electron chi connectivity index (χ4n) is 9.17. The van der Waals surface area contributed by atoms with Gasteiger partial charge in [0.2, 0.25) is 0 Å². The maximum absolute atomic E-state index is 12.1. The average molecular weight is 429 g/mol. The number of carbonyl (C=O) groups is 1. The third-order valence-electron chi connectivity index (χ3n) is 11.3. The topological polar surface area (TPSA) is 37.3 Å². The van der Waals surface area contributed by atoms with Crippen LogP contribution in [0, 0.1) is 52.3 Å². The van der Waals surface area contributed by atoms with Crippen LogP contribution in [0.1, 0.15) is 106 Å². The van der Waals surface area contributed by atoms with Crippen LogP contribution in [-0.4, -0.2) is 17.0 Å². The van der Waals surface area contributed by atoms with Crippen molar-refractivity contribution in [3.8, 4) is 0 Å². The van der Waals surface area contributed by atoms with E-state index < -0.39 is 0 Å². The number of aliphatic hydroxyl groups is 1. The molecule has 0 aromatic rings. The van der Waals surface area contributed by atoms with Crippen LogP contribution in [-0.2, 0) is 4.79 Å². The first-order chi connectivity index (χ1) is 14.6. The minimum Gasteiger partial charge on any atom is -0.393 e. The molecule has 0 aromatic heterocycles. The Bertz CT molecular complexity index is 708. The van der Waals surface area contributed by atoms with Gasteiger partial charge in [-0.2, -0.15) is 0 Å². The monoisotopic (exact) mass is 428 g/mol. The summed E-state index contributed by atoms with van der Waals surface area (Å²) in [5.74, 6) is 5.12. The highest BCUT2D eigenvalue weighted by atomic mass is 16.3. The van der Waals surface area contributed by atoms with Crippen LogP contribution >= 0.6 is 0 Å². The number of hydrogen-bond donors (Lipinski definition) is 1. The molecule has 0 aliphatic heterocycles. The van der Waals surface area contributed by atoms with Crippen molar-refractivity contribution in [3.05, 3.63) is 11.6 Å². The van der Waals surface area contributed by atoms with E-state index in [1.54, 1.807) is 0 Å². The Morgan fingerprint density at radius 1 is 1.03 bits per heavy atom. The lowest BCUT2D eigenvalue weighted by Crippen LogP contribution is -2.51. The van der Waals surface area contributed by atoms with E-state index in [9.17, 15) is 9.90 Å². The van der Waals surface area contributed by atoms with Crippen molar-refractivity contribution in [2.75, 3.05) is 0 Å². The van der Waals surface area contributed by atoms with E-state index in [1.165, 1.54) is 44.1 Å². The van der Waals surface area contributed by atoms with E-state index in [2.05, 4.69) is 41.5 Å². The van der Waals surface area contributed by atoms with Gasteiger partial charge < -0.3 is 5.11 Å². The Morgan fingerprint density at radius 3 is 2.45 bits per heavy atom. The summed E-state index contributed by atoms with van der Waals surface area (Å²) in [7, 11) is 0. The van der Waals surface area contributed by atoms with Gasteiger partial charge in [-0.1, -0.05) is 53.5 Å². The fourth-order valence-corrected chi connectivity index (χ4v) is 9.17. The molecule has 0 radical (unpaired) electrons. The summed E-state index contributed by atoms with van der Waals surface area (Å²) in [4.78, 5) is 12.1. The molecule has 0 spiro atoms. The van der Waals surface area contributed by atoms with Crippen LogP contribution in [0.3, 0.4) is 0 Å². The third-order valence-corrected chi connectivity index (χ3v) is 11.3. The first-order valence-electron chi connectivity index (χ1n) is 13.5. The van der Waals surface area contributed by atoms with Gasteiger partial charge in [-0.3, -0.25) is 4.79 Å². The summed E-state index contributed by atoms with van der Waals surface area (Å²) in [6, 6.07) is 0. The summed E-state index contributed by atoms with van der Waals surface area (Å²) in [6.07, 6.45) is 13.6. The molecular weight excluding hydrogens is 380 g/mol. The van der Waals surface area contributed by atoms with Crippen LogP contribution in [0.5, 0.6) is 0 Å². The number of allylic oxidation sites excluding steroid dienone is 1. The highest BCUT2D eigenvalue weighted by Gasteiger charge is 2.59. The van der Waals surface area contributed by atoms with Crippen LogP contribution in [0.15, 0.2) is 11.6 Å². The lowest BCUT2D eigenvalue weighted by molar-refractivity contribution is -0.117. The molecule has 0 amide bonds. The minimum absolute atomic E-state index is 0.159. The van der Waals surface area contributed by atoms with Crippen molar-refractivity contribution >= 4 is 5.78 Å². The molecule has 0 bridgehead atoms. The zero-order chi connectivity index (χ0) is 22.6. The van der Waals surface area contributed by atoms with Crippen molar-refractivity contribution < 1.29 is 9.90 Å². The molecule has 9 atom stereocenters. The summed E-state index contributed by atoms with van der Waals surface area (Å²) < 4.78 is 0. The third kappa shape index (κ3) is 3.87. The lowest BCUT2D eigenvalue weighted by Gasteiger charge is -2.58. The molecule has 176 valence electrons. The average Bonchev–Trinajstić information content (AvgIpc) is 3.08. The van der Waals surface area contributed by atoms with Gasteiger partial charge >= 0.3 is 0 Å². The van der Waals surface area contributed by atoms with Crippen LogP contribution in [0.2, 0.25) is 0 Å². The Kier molecular flexibility index (Phi) is 6.54. The van der Waals surface area contributed by atoms with Crippen molar-refractivity contribution in [2.45, 2.75) is 112 Å². The fraction of sp³-hybridized carbons (Fsp3) is 0.897. The molecular formula is C29H48O2. The second-order valence-corrected chi connectivity index (χ2v) is 12.8. The van der Waals surface area contributed by atoms with Crippen LogP contribution < -0.4 is 0 Å². The van der Waals surface area contributed by atoms with E-state index in [4.69, 9.17) is 0 Å². The number of hydrogen-bond acceptors (Lipinski definition) is 2. The predicted molar refractivity (Wildman–Crippen MR) is 129 cm³/mol. The lowest BCUT2D eigenvalue weighted by atomic mass is 9.46. The molecule has 3 saturated carbocycles. The molecule has 0 saturated heterocycles. The quantitative estimate of drug-likeness (QED) is 0.485. The van der Waals surface area contributed by atoms with Crippen molar-refractivity contribution in [1.29, 1.82) is 0 Å². The highest BCUT2D eigenvalue weighted by Crippen LogP contribution is 2.67. The standard InChI is InChI=1S/C29H48O2/c1-7-20(18(2)3)16-27(31)19(4)24-10-11-25-23-9-8-21-17-22(30)12-14-28(21,5)26(23)13-15-29(24,25)6/h17-20,23-27,31H,7-16H2,1-6H3/t19-,20+,23-,24+,25-,26-,27+,28-,29+/m0/s1. The normalized spacial score (nSPS) is 43.0. The Balaban J connectivity index is 1.51. The maximum Gasteiger partial charge on any atom is 0.155 e. The number of rotatable bonds is 6. The van der Waals surface area contributed by atoms with Crippen LogP contribution in [0.4, 0.5) is 0 Å². The van der Waals surface area contributed by atoms with Gasteiger partial charge in [0.1, 0.15) is 0 Å². The van der Waals surface area contributed by atoms with Gasteiger partial charge in [-0.25, -0.2) is 0 Å². The number of carbonyl (C=O) groups excluding carboxylic acids is 1. The molecule has 2 nitrogen and oxygen atoms in total. The number of fused-ring (bicyclic) bond motifs is 5. The van der Waals surface area contributed by atoms with E-state index in [-0.39, 0.29) is 11.5 Å². The Morgan fingerprint density at radius 2 is 1.77 bits per heavy atom. The van der Waals surface area contributed by atoms with Gasteiger partial charge in [-0.05, 0) is 110 Å². The van der Waals surface area contributed by atoms with Gasteiger partial charge in [0.05, 0.1) is 6.10 Å². The van der Waals surface area contributed by atoms with Gasteiger partial charge in [0, 0.05) is 6.42 Å². The van der Waals surface area contributed by atoms with Gasteiger partial charge in [-0.15, -0.1) is 0 Å². The summed E-state index contributed by atoms with van der Waals surface area (Å²) in [5, 5.41) is 11.2. The largest absolute Gasteiger partial charge is 0.393 e. The smallest absolute Gasteiger partial charge is 0.155 e. The van der Waals surface area contributed by atoms with E-state index in [0.717, 1.165) is 43.4 Å². The molecule has 4 rings (SSSR count). The van der Waals surface area contributed by atoms with E-state index in [0.29, 0.717) is 34.9 Å². The molecule has 0 aromatic carbocycles. The summed E-state index contributed by atoms with van der Waals surface area (Å²) >= 11 is 0.